The molecule has 11 heteroatoms. The van der Waals surface area contributed by atoms with Crippen LogP contribution in [0, 0.1) is 24.1 Å². The van der Waals surface area contributed by atoms with E-state index in [-0.39, 0.29) is 6.04 Å². The number of hydrogen-bond acceptors (Lipinski definition) is 8. The Morgan fingerprint density at radius 2 is 2.00 bits per heavy atom. The van der Waals surface area contributed by atoms with Crippen LogP contribution < -0.4 is 21.6 Å². The van der Waals surface area contributed by atoms with Crippen LogP contribution in [0.25, 0.3) is 10.9 Å². The first-order valence-corrected chi connectivity index (χ1v) is 14.5. The standard InChI is InChI=1S/C31H31BClFN8/c1-3-27(19-7-5-4-6-8-19)38-29-20(14-35)15-37-30-24(29)12-22(13-26(30)33)39-31(32,25-11-21(34)16-36-18(25)2)28-17-42(41-40-28)23-9-10-23/h4-8,11-13,15-17,23,27,39-41H,3,9-10,32H2,1-2H3,(H,37,38)/t27-,31+/m1/s1. The van der Waals surface area contributed by atoms with Gasteiger partial charge in [0, 0.05) is 35.2 Å². The van der Waals surface area contributed by atoms with Crippen LogP contribution in [0.4, 0.5) is 15.8 Å². The van der Waals surface area contributed by atoms with E-state index in [9.17, 15) is 9.65 Å². The summed E-state index contributed by atoms with van der Waals surface area (Å²) in [5.74, 6) is -0.424. The highest BCUT2D eigenvalue weighted by molar-refractivity contribution is 6.36. The number of nitrogens with zero attached hydrogens (tertiary/aromatic N) is 4. The molecule has 6 rings (SSSR count). The average molecular weight is 581 g/mol. The number of benzene rings is 2. The SMILES string of the molecule is B[C@@](Nc1cc(Cl)c2ncc(C#N)c(N[C@H](CC)c3ccccc3)c2c1)(C1=CN(C2CC2)NN1)c1cc(F)cnc1C. The summed E-state index contributed by atoms with van der Waals surface area (Å²) in [7, 11) is 1.98. The van der Waals surface area contributed by atoms with Gasteiger partial charge in [0.2, 0.25) is 0 Å². The monoisotopic (exact) mass is 580 g/mol. The molecule has 0 spiro atoms. The zero-order valence-electron chi connectivity index (χ0n) is 23.7. The number of hydrogen-bond donors (Lipinski definition) is 4. The van der Waals surface area contributed by atoms with Gasteiger partial charge in [0.1, 0.15) is 19.7 Å². The van der Waals surface area contributed by atoms with Crippen molar-refractivity contribution in [1.82, 2.24) is 25.9 Å². The van der Waals surface area contributed by atoms with Crippen LogP contribution in [0.1, 0.15) is 54.6 Å². The van der Waals surface area contributed by atoms with Crippen LogP contribution in [0.15, 0.2) is 72.8 Å². The molecule has 1 saturated carbocycles. The molecule has 3 heterocycles. The third-order valence-electron chi connectivity index (χ3n) is 8.03. The van der Waals surface area contributed by atoms with Gasteiger partial charge in [0.05, 0.1) is 45.2 Å². The maximum Gasteiger partial charge on any atom is 0.148 e. The molecule has 1 fully saturated rings. The van der Waals surface area contributed by atoms with Crippen molar-refractivity contribution >= 4 is 41.7 Å². The van der Waals surface area contributed by atoms with E-state index in [1.807, 2.05) is 56.3 Å². The van der Waals surface area contributed by atoms with E-state index in [1.54, 1.807) is 6.20 Å². The molecule has 2 atom stereocenters. The van der Waals surface area contributed by atoms with Crippen LogP contribution in [-0.2, 0) is 5.44 Å². The van der Waals surface area contributed by atoms with E-state index < -0.39 is 11.3 Å². The number of aromatic nitrogens is 2. The number of pyridine rings is 2. The Bertz CT molecular complexity index is 1720. The Balaban J connectivity index is 1.47. The van der Waals surface area contributed by atoms with Crippen LogP contribution in [0.2, 0.25) is 5.02 Å². The Morgan fingerprint density at radius 1 is 1.21 bits per heavy atom. The van der Waals surface area contributed by atoms with Crippen LogP contribution in [0.5, 0.6) is 0 Å². The minimum atomic E-state index is -0.920. The van der Waals surface area contributed by atoms with Gasteiger partial charge in [-0.1, -0.05) is 48.9 Å². The van der Waals surface area contributed by atoms with E-state index in [1.165, 1.54) is 12.3 Å². The maximum atomic E-state index is 14.6. The zero-order chi connectivity index (χ0) is 29.4. The molecule has 1 aliphatic heterocycles. The van der Waals surface area contributed by atoms with Gasteiger partial charge in [0.25, 0.3) is 0 Å². The number of halogens is 2. The lowest BCUT2D eigenvalue weighted by Crippen LogP contribution is -2.46. The molecular formula is C31H31BClFN8. The Morgan fingerprint density at radius 3 is 2.71 bits per heavy atom. The normalized spacial score (nSPS) is 16.7. The summed E-state index contributed by atoms with van der Waals surface area (Å²) in [6.07, 6.45) is 7.81. The Kier molecular flexibility index (Phi) is 7.39. The summed E-state index contributed by atoms with van der Waals surface area (Å²) in [4.78, 5) is 8.84. The number of fused-ring (bicyclic) bond motifs is 1. The predicted molar refractivity (Wildman–Crippen MR) is 167 cm³/mol. The molecule has 2 aromatic heterocycles. The Hall–Kier alpha value is -4.33. The second kappa shape index (κ2) is 11.2. The fourth-order valence-electron chi connectivity index (χ4n) is 5.57. The first-order valence-electron chi connectivity index (χ1n) is 14.1. The van der Waals surface area contributed by atoms with Gasteiger partial charge in [-0.15, -0.1) is 5.53 Å². The molecule has 4 aromatic rings. The second-order valence-electron chi connectivity index (χ2n) is 11.0. The van der Waals surface area contributed by atoms with E-state index in [0.717, 1.165) is 30.5 Å². The minimum Gasteiger partial charge on any atom is -0.378 e. The molecular weight excluding hydrogens is 550 g/mol. The predicted octanol–water partition coefficient (Wildman–Crippen LogP) is 5.39. The van der Waals surface area contributed by atoms with Crippen LogP contribution >= 0.6 is 11.6 Å². The lowest BCUT2D eigenvalue weighted by Gasteiger charge is -2.35. The maximum absolute atomic E-state index is 14.6. The first kappa shape index (κ1) is 27.8. The van der Waals surface area contributed by atoms with E-state index >= 15 is 0 Å². The smallest absolute Gasteiger partial charge is 0.148 e. The fraction of sp³-hybridized carbons (Fsp3) is 0.258. The third kappa shape index (κ3) is 5.22. The quantitative estimate of drug-likeness (QED) is 0.196. The molecule has 8 nitrogen and oxygen atoms in total. The fourth-order valence-corrected chi connectivity index (χ4v) is 5.83. The summed E-state index contributed by atoms with van der Waals surface area (Å²) in [6.45, 7) is 3.96. The van der Waals surface area contributed by atoms with Crippen LogP contribution in [-0.4, -0.2) is 28.9 Å². The van der Waals surface area contributed by atoms with Crippen molar-refractivity contribution in [3.63, 3.8) is 0 Å². The molecule has 42 heavy (non-hydrogen) atoms. The largest absolute Gasteiger partial charge is 0.378 e. The molecule has 0 unspecified atom stereocenters. The Labute approximate surface area is 250 Å². The lowest BCUT2D eigenvalue weighted by atomic mass is 9.69. The van der Waals surface area contributed by atoms with Gasteiger partial charge < -0.3 is 16.1 Å². The zero-order valence-corrected chi connectivity index (χ0v) is 24.4. The van der Waals surface area contributed by atoms with Crippen molar-refractivity contribution in [2.45, 2.75) is 50.6 Å². The lowest BCUT2D eigenvalue weighted by molar-refractivity contribution is 0.260. The summed E-state index contributed by atoms with van der Waals surface area (Å²) in [5, 5.41) is 20.5. The topological polar surface area (TPSA) is 101 Å². The van der Waals surface area contributed by atoms with Crippen molar-refractivity contribution < 1.29 is 4.39 Å². The molecule has 0 saturated heterocycles. The highest BCUT2D eigenvalue weighted by Crippen LogP contribution is 2.39. The van der Waals surface area contributed by atoms with Gasteiger partial charge in [-0.25, -0.2) is 4.39 Å². The number of hydrazine groups is 2. The molecule has 0 amide bonds. The van der Waals surface area contributed by atoms with E-state index in [2.05, 4.69) is 56.7 Å². The van der Waals surface area contributed by atoms with Crippen molar-refractivity contribution in [3.05, 3.63) is 106 Å². The minimum absolute atomic E-state index is 0.0297. The van der Waals surface area contributed by atoms with Gasteiger partial charge in [-0.2, -0.15) is 5.26 Å². The number of nitriles is 1. The number of anilines is 2. The van der Waals surface area contributed by atoms with Gasteiger partial charge in [0.15, 0.2) is 0 Å². The molecule has 2 aliphatic rings. The summed E-state index contributed by atoms with van der Waals surface area (Å²) >= 11 is 6.84. The third-order valence-corrected chi connectivity index (χ3v) is 8.32. The molecule has 0 radical (unpaired) electrons. The molecule has 4 N–H and O–H groups in total. The molecule has 212 valence electrons. The van der Waals surface area contributed by atoms with E-state index in [0.29, 0.717) is 50.2 Å². The highest BCUT2D eigenvalue weighted by Gasteiger charge is 2.39. The highest BCUT2D eigenvalue weighted by atomic mass is 35.5. The number of nitrogens with one attached hydrogen (secondary N) is 4. The van der Waals surface area contributed by atoms with Crippen LogP contribution in [0.3, 0.4) is 0 Å². The molecule has 0 bridgehead atoms. The van der Waals surface area contributed by atoms with Crippen molar-refractivity contribution in [2.75, 3.05) is 10.6 Å². The summed E-state index contributed by atoms with van der Waals surface area (Å²) < 4.78 is 14.6. The van der Waals surface area contributed by atoms with Crippen molar-refractivity contribution in [2.24, 2.45) is 0 Å². The number of rotatable bonds is 9. The van der Waals surface area contributed by atoms with Gasteiger partial charge in [-0.3, -0.25) is 15.0 Å². The second-order valence-corrected chi connectivity index (χ2v) is 11.4. The molecule has 1 aliphatic carbocycles. The number of aryl methyl sites for hydroxylation is 1. The summed E-state index contributed by atoms with van der Waals surface area (Å²) in [5.41, 5.74) is 11.2. The van der Waals surface area contributed by atoms with Crippen molar-refractivity contribution in [3.8, 4) is 6.07 Å². The molecule has 2 aromatic carbocycles. The first-order chi connectivity index (χ1) is 20.3. The van der Waals surface area contributed by atoms with Gasteiger partial charge >= 0.3 is 0 Å². The average Bonchev–Trinajstić information content (AvgIpc) is 3.72. The van der Waals surface area contributed by atoms with Gasteiger partial charge in [-0.05, 0) is 55.5 Å². The summed E-state index contributed by atoms with van der Waals surface area (Å²) in [6, 6.07) is 18.1. The van der Waals surface area contributed by atoms with E-state index in [4.69, 9.17) is 11.6 Å². The van der Waals surface area contributed by atoms with Crippen molar-refractivity contribution in [1.29, 1.82) is 5.26 Å².